The normalized spacial score (nSPS) is 34.0. The summed E-state index contributed by atoms with van der Waals surface area (Å²) in [6.07, 6.45) is 2.08. The Labute approximate surface area is 124 Å². The lowest BCUT2D eigenvalue weighted by atomic mass is 10.0. The zero-order chi connectivity index (χ0) is 14.8. The molecular formula is C16H25NO2S. The topological polar surface area (TPSA) is 21.7 Å². The molecule has 1 aliphatic rings. The SMILES string of the molecule is C=CCS1(OC(C)C)OC(c2ccccc2)[C@@H](C)N1C. The first-order valence-corrected chi connectivity index (χ1v) is 8.67. The van der Waals surface area contributed by atoms with Gasteiger partial charge in [-0.15, -0.1) is 17.4 Å². The van der Waals surface area contributed by atoms with Crippen LogP contribution in [0.15, 0.2) is 43.0 Å². The quantitative estimate of drug-likeness (QED) is 0.758. The zero-order valence-corrected chi connectivity index (χ0v) is 13.6. The Balaban J connectivity index is 2.30. The summed E-state index contributed by atoms with van der Waals surface area (Å²) in [5.41, 5.74) is 1.21. The smallest absolute Gasteiger partial charge is 0.126 e. The van der Waals surface area contributed by atoms with E-state index < -0.39 is 10.8 Å². The molecule has 3 atom stereocenters. The largest absolute Gasteiger partial charge is 0.267 e. The van der Waals surface area contributed by atoms with Crippen LogP contribution in [0.2, 0.25) is 0 Å². The van der Waals surface area contributed by atoms with Gasteiger partial charge in [0.15, 0.2) is 0 Å². The summed E-state index contributed by atoms with van der Waals surface area (Å²) in [7, 11) is 0.372. The van der Waals surface area contributed by atoms with Gasteiger partial charge in [-0.2, -0.15) is 0 Å². The molecule has 1 aromatic carbocycles. The van der Waals surface area contributed by atoms with E-state index in [9.17, 15) is 0 Å². The second kappa shape index (κ2) is 6.31. The number of rotatable bonds is 5. The van der Waals surface area contributed by atoms with E-state index in [1.807, 2.05) is 12.1 Å². The molecule has 0 radical (unpaired) electrons. The monoisotopic (exact) mass is 295 g/mol. The summed E-state index contributed by atoms with van der Waals surface area (Å²) in [5, 5.41) is 0. The van der Waals surface area contributed by atoms with Crippen LogP contribution in [0.4, 0.5) is 0 Å². The number of hydrogen-bond donors (Lipinski definition) is 0. The van der Waals surface area contributed by atoms with Gasteiger partial charge in [-0.3, -0.25) is 8.37 Å². The van der Waals surface area contributed by atoms with Crippen molar-refractivity contribution < 1.29 is 8.37 Å². The van der Waals surface area contributed by atoms with Crippen LogP contribution < -0.4 is 0 Å². The summed E-state index contributed by atoms with van der Waals surface area (Å²) in [6.45, 7) is 10.2. The maximum atomic E-state index is 6.43. The Kier molecular flexibility index (Phi) is 4.91. The van der Waals surface area contributed by atoms with Crippen molar-refractivity contribution >= 4 is 10.8 Å². The van der Waals surface area contributed by atoms with E-state index in [4.69, 9.17) is 8.37 Å². The molecule has 0 aliphatic carbocycles. The predicted molar refractivity (Wildman–Crippen MR) is 86.4 cm³/mol. The third-order valence-electron chi connectivity index (χ3n) is 3.50. The Bertz CT molecular complexity index is 451. The molecule has 3 nitrogen and oxygen atoms in total. The van der Waals surface area contributed by atoms with Gasteiger partial charge < -0.3 is 0 Å². The van der Waals surface area contributed by atoms with Gasteiger partial charge in [0.2, 0.25) is 0 Å². The maximum absolute atomic E-state index is 6.43. The number of benzene rings is 1. The first kappa shape index (κ1) is 15.6. The van der Waals surface area contributed by atoms with Gasteiger partial charge in [0.05, 0.1) is 17.9 Å². The van der Waals surface area contributed by atoms with Crippen molar-refractivity contribution in [2.24, 2.45) is 0 Å². The van der Waals surface area contributed by atoms with Gasteiger partial charge in [0.1, 0.15) is 6.10 Å². The number of likely N-dealkylation sites (N-methyl/N-ethyl adjacent to an activating group) is 1. The van der Waals surface area contributed by atoms with Gasteiger partial charge in [-0.1, -0.05) is 36.4 Å². The van der Waals surface area contributed by atoms with E-state index in [1.165, 1.54) is 5.56 Å². The van der Waals surface area contributed by atoms with Crippen molar-refractivity contribution in [3.63, 3.8) is 0 Å². The number of hydrogen-bond acceptors (Lipinski definition) is 3. The minimum atomic E-state index is -1.72. The highest BCUT2D eigenvalue weighted by molar-refractivity contribution is 8.24. The summed E-state index contributed by atoms with van der Waals surface area (Å²) in [6, 6.07) is 10.7. The summed E-state index contributed by atoms with van der Waals surface area (Å²) >= 11 is 0. The van der Waals surface area contributed by atoms with Crippen LogP contribution in [0.25, 0.3) is 0 Å². The predicted octanol–water partition coefficient (Wildman–Crippen LogP) is 4.24. The molecule has 0 bridgehead atoms. The van der Waals surface area contributed by atoms with Crippen LogP contribution >= 0.6 is 10.8 Å². The number of nitrogens with zero attached hydrogens (tertiary/aromatic N) is 1. The molecule has 1 saturated heterocycles. The van der Waals surface area contributed by atoms with Crippen LogP contribution in [0.5, 0.6) is 0 Å². The lowest BCUT2D eigenvalue weighted by Gasteiger charge is -2.45. The highest BCUT2D eigenvalue weighted by atomic mass is 32.3. The van der Waals surface area contributed by atoms with E-state index in [0.717, 1.165) is 5.75 Å². The molecule has 1 aliphatic heterocycles. The van der Waals surface area contributed by atoms with Crippen molar-refractivity contribution in [3.8, 4) is 0 Å². The summed E-state index contributed by atoms with van der Waals surface area (Å²) in [4.78, 5) is 0. The first-order chi connectivity index (χ1) is 9.50. The molecule has 0 spiro atoms. The van der Waals surface area contributed by atoms with Crippen molar-refractivity contribution in [2.75, 3.05) is 12.8 Å². The molecule has 2 unspecified atom stereocenters. The van der Waals surface area contributed by atoms with Crippen LogP contribution in [-0.4, -0.2) is 29.3 Å². The van der Waals surface area contributed by atoms with Crippen molar-refractivity contribution in [2.45, 2.75) is 39.0 Å². The van der Waals surface area contributed by atoms with Crippen LogP contribution in [0.1, 0.15) is 32.4 Å². The molecule has 0 N–H and O–H groups in total. The molecule has 0 amide bonds. The van der Waals surface area contributed by atoms with Crippen LogP contribution in [-0.2, 0) is 8.37 Å². The first-order valence-electron chi connectivity index (χ1n) is 7.06. The highest BCUT2D eigenvalue weighted by Crippen LogP contribution is 2.64. The molecule has 0 saturated carbocycles. The average Bonchev–Trinajstić information content (AvgIpc) is 2.65. The minimum Gasteiger partial charge on any atom is -0.267 e. The van der Waals surface area contributed by atoms with E-state index in [1.54, 1.807) is 0 Å². The summed E-state index contributed by atoms with van der Waals surface area (Å²) < 4.78 is 14.9. The maximum Gasteiger partial charge on any atom is 0.126 e. The second-order valence-electron chi connectivity index (χ2n) is 5.40. The fourth-order valence-electron chi connectivity index (χ4n) is 2.47. The Morgan fingerprint density at radius 2 is 2.05 bits per heavy atom. The van der Waals surface area contributed by atoms with Crippen LogP contribution in [0, 0.1) is 0 Å². The molecular weight excluding hydrogens is 270 g/mol. The molecule has 0 aromatic heterocycles. The van der Waals surface area contributed by atoms with Crippen molar-refractivity contribution in [3.05, 3.63) is 48.6 Å². The van der Waals surface area contributed by atoms with Gasteiger partial charge in [-0.25, -0.2) is 4.31 Å². The fraction of sp³-hybridized carbons (Fsp3) is 0.500. The third-order valence-corrected chi connectivity index (χ3v) is 6.56. The zero-order valence-electron chi connectivity index (χ0n) is 12.8. The lowest BCUT2D eigenvalue weighted by Crippen LogP contribution is -2.30. The van der Waals surface area contributed by atoms with Crippen molar-refractivity contribution in [1.29, 1.82) is 0 Å². The second-order valence-corrected chi connectivity index (χ2v) is 7.85. The van der Waals surface area contributed by atoms with E-state index in [2.05, 4.69) is 63.0 Å². The molecule has 1 fully saturated rings. The van der Waals surface area contributed by atoms with Crippen molar-refractivity contribution in [1.82, 2.24) is 4.31 Å². The Hall–Kier alpha value is -0.810. The van der Waals surface area contributed by atoms with E-state index >= 15 is 0 Å². The Morgan fingerprint density at radius 1 is 1.40 bits per heavy atom. The molecule has 112 valence electrons. The fourth-order valence-corrected chi connectivity index (χ4v) is 5.29. The van der Waals surface area contributed by atoms with E-state index in [-0.39, 0.29) is 18.2 Å². The van der Waals surface area contributed by atoms with Crippen LogP contribution in [0.3, 0.4) is 0 Å². The molecule has 1 aromatic rings. The molecule has 1 heterocycles. The van der Waals surface area contributed by atoms with Gasteiger partial charge in [0.25, 0.3) is 0 Å². The summed E-state index contributed by atoms with van der Waals surface area (Å²) in [5.74, 6) is 0.732. The third kappa shape index (κ3) is 2.93. The highest BCUT2D eigenvalue weighted by Gasteiger charge is 2.44. The standard InChI is InChI=1S/C16H25NO2S/c1-6-12-20(18-13(2)3)17(5)14(4)16(19-20)15-10-8-7-9-11-15/h6-11,13-14,16H,1,12H2,2-5H3/t14-,16?/m1/s1. The van der Waals surface area contributed by atoms with Gasteiger partial charge >= 0.3 is 0 Å². The molecule has 2 rings (SSSR count). The molecule has 20 heavy (non-hydrogen) atoms. The van der Waals surface area contributed by atoms with E-state index in [0.29, 0.717) is 0 Å². The van der Waals surface area contributed by atoms with Gasteiger partial charge in [-0.05, 0) is 26.3 Å². The minimum absolute atomic E-state index is 0.0508. The average molecular weight is 295 g/mol. The van der Waals surface area contributed by atoms with Gasteiger partial charge in [0, 0.05) is 7.05 Å². The molecule has 4 heteroatoms. The Morgan fingerprint density at radius 3 is 2.60 bits per heavy atom. The lowest BCUT2D eigenvalue weighted by molar-refractivity contribution is 0.183.